The predicted molar refractivity (Wildman–Crippen MR) is 81.9 cm³/mol. The van der Waals surface area contributed by atoms with Gasteiger partial charge in [0.15, 0.2) is 0 Å². The van der Waals surface area contributed by atoms with Crippen LogP contribution in [-0.4, -0.2) is 33.2 Å². The summed E-state index contributed by atoms with van der Waals surface area (Å²) in [6.45, 7) is 0.108. The summed E-state index contributed by atoms with van der Waals surface area (Å²) in [7, 11) is 0. The molecular formula is C13H10ClFN4O2S. The number of halogens is 2. The van der Waals surface area contributed by atoms with Gasteiger partial charge in [0.05, 0.1) is 11.6 Å². The molecule has 0 bridgehead atoms. The maximum Gasteiger partial charge on any atom is 0.414 e. The fourth-order valence-electron chi connectivity index (χ4n) is 1.81. The molecule has 0 aliphatic rings. The highest BCUT2D eigenvalue weighted by Gasteiger charge is 2.13. The number of fused-ring (bicyclic) bond motifs is 1. The molecule has 9 heteroatoms. The van der Waals surface area contributed by atoms with Crippen molar-refractivity contribution in [2.24, 2.45) is 0 Å². The van der Waals surface area contributed by atoms with Crippen LogP contribution in [-0.2, 0) is 4.74 Å². The van der Waals surface area contributed by atoms with E-state index in [2.05, 4.69) is 15.4 Å². The summed E-state index contributed by atoms with van der Waals surface area (Å²) < 4.78 is 19.4. The highest BCUT2D eigenvalue weighted by Crippen LogP contribution is 2.26. The fraction of sp³-hybridized carbons (Fsp3) is 0.154. The Kier molecular flexibility index (Phi) is 4.21. The lowest BCUT2D eigenvalue weighted by Gasteiger charge is -2.01. The van der Waals surface area contributed by atoms with Gasteiger partial charge in [-0.15, -0.1) is 28.0 Å². The van der Waals surface area contributed by atoms with Gasteiger partial charge in [0, 0.05) is 10.9 Å². The zero-order chi connectivity index (χ0) is 15.5. The van der Waals surface area contributed by atoms with E-state index in [9.17, 15) is 9.18 Å². The molecule has 3 aromatic rings. The second-order valence-electron chi connectivity index (χ2n) is 4.21. The number of carbonyl (C=O) groups excluding carboxylic acids is 1. The molecule has 2 aromatic heterocycles. The van der Waals surface area contributed by atoms with Crippen molar-refractivity contribution in [2.75, 3.05) is 17.8 Å². The van der Waals surface area contributed by atoms with Crippen molar-refractivity contribution in [3.05, 3.63) is 35.5 Å². The van der Waals surface area contributed by atoms with Gasteiger partial charge in [-0.1, -0.05) is 0 Å². The summed E-state index contributed by atoms with van der Waals surface area (Å²) >= 11 is 6.79. The van der Waals surface area contributed by atoms with E-state index in [4.69, 9.17) is 16.3 Å². The highest BCUT2D eigenvalue weighted by atomic mass is 35.5. The number of nitrogens with one attached hydrogen (secondary N) is 1. The number of alkyl halides is 1. The molecule has 1 N–H and O–H groups in total. The molecule has 0 spiro atoms. The summed E-state index contributed by atoms with van der Waals surface area (Å²) in [5.74, 6) is 0.0430. The van der Waals surface area contributed by atoms with Crippen LogP contribution in [0.1, 0.15) is 0 Å². The summed E-state index contributed by atoms with van der Waals surface area (Å²) in [6.07, 6.45) is -0.665. The Morgan fingerprint density at radius 1 is 1.41 bits per heavy atom. The summed E-state index contributed by atoms with van der Waals surface area (Å²) in [5, 5.41) is 8.48. The van der Waals surface area contributed by atoms with Gasteiger partial charge in [-0.3, -0.25) is 5.32 Å². The third-order valence-corrected chi connectivity index (χ3v) is 3.72. The van der Waals surface area contributed by atoms with Gasteiger partial charge in [0.25, 0.3) is 5.95 Å². The third kappa shape index (κ3) is 3.02. The van der Waals surface area contributed by atoms with Crippen LogP contribution in [0.5, 0.6) is 0 Å². The normalized spacial score (nSPS) is 10.8. The van der Waals surface area contributed by atoms with Crippen molar-refractivity contribution >= 4 is 39.9 Å². The monoisotopic (exact) mass is 340 g/mol. The molecule has 1 amide bonds. The van der Waals surface area contributed by atoms with Crippen molar-refractivity contribution in [1.29, 1.82) is 0 Å². The van der Waals surface area contributed by atoms with Crippen LogP contribution < -0.4 is 5.32 Å². The van der Waals surface area contributed by atoms with Crippen LogP contribution in [0.15, 0.2) is 29.6 Å². The molecule has 2 heterocycles. The first kappa shape index (κ1) is 14.7. The van der Waals surface area contributed by atoms with Gasteiger partial charge in [-0.25, -0.2) is 13.7 Å². The maximum atomic E-state index is 13.0. The Labute approximate surface area is 133 Å². The number of hydrogen-bond donors (Lipinski definition) is 1. The smallest absolute Gasteiger partial charge is 0.414 e. The minimum Gasteiger partial charge on any atom is -0.448 e. The molecular weight excluding hydrogens is 331 g/mol. The number of thiazole rings is 1. The predicted octanol–water partition coefficient (Wildman–Crippen LogP) is 3.38. The standard InChI is InChI=1S/C13H10ClFN4O2S/c14-5-6-21-13(20)17-11-16-12-19(18-11)10(7-22-12)8-1-3-9(15)4-2-8/h1-4,7H,5-6H2,(H,17,18,20). The lowest BCUT2D eigenvalue weighted by atomic mass is 10.2. The van der Waals surface area contributed by atoms with Crippen LogP contribution >= 0.6 is 22.9 Å². The van der Waals surface area contributed by atoms with Crippen LogP contribution in [0.3, 0.4) is 0 Å². The number of carbonyl (C=O) groups is 1. The molecule has 6 nitrogen and oxygen atoms in total. The molecule has 0 saturated heterocycles. The van der Waals surface area contributed by atoms with E-state index in [-0.39, 0.29) is 24.3 Å². The number of rotatable bonds is 4. The number of anilines is 1. The van der Waals surface area contributed by atoms with Crippen LogP contribution in [0.4, 0.5) is 15.1 Å². The lowest BCUT2D eigenvalue weighted by Crippen LogP contribution is -2.15. The van der Waals surface area contributed by atoms with Crippen molar-refractivity contribution in [3.8, 4) is 11.3 Å². The van der Waals surface area contributed by atoms with Crippen LogP contribution in [0.25, 0.3) is 16.2 Å². The minimum atomic E-state index is -0.665. The largest absolute Gasteiger partial charge is 0.448 e. The van der Waals surface area contributed by atoms with Gasteiger partial charge < -0.3 is 4.74 Å². The Bertz CT molecular complexity index is 802. The zero-order valence-corrected chi connectivity index (χ0v) is 12.7. The first-order valence-corrected chi connectivity index (χ1v) is 7.69. The first-order chi connectivity index (χ1) is 10.7. The van der Waals surface area contributed by atoms with E-state index in [0.29, 0.717) is 4.96 Å². The van der Waals surface area contributed by atoms with Crippen molar-refractivity contribution in [2.45, 2.75) is 0 Å². The first-order valence-electron chi connectivity index (χ1n) is 6.27. The number of ether oxygens (including phenoxy) is 1. The second-order valence-corrected chi connectivity index (χ2v) is 5.42. The van der Waals surface area contributed by atoms with E-state index in [1.165, 1.54) is 23.5 Å². The van der Waals surface area contributed by atoms with Gasteiger partial charge in [0.1, 0.15) is 12.4 Å². The molecule has 0 saturated carbocycles. The van der Waals surface area contributed by atoms with E-state index in [0.717, 1.165) is 11.3 Å². The molecule has 3 rings (SSSR count). The number of amides is 1. The number of aromatic nitrogens is 3. The summed E-state index contributed by atoms with van der Waals surface area (Å²) in [4.78, 5) is 16.2. The Hall–Kier alpha value is -2.19. The van der Waals surface area contributed by atoms with Crippen LogP contribution in [0.2, 0.25) is 0 Å². The topological polar surface area (TPSA) is 68.5 Å². The van der Waals surface area contributed by atoms with Crippen molar-refractivity contribution in [1.82, 2.24) is 14.6 Å². The number of hydrogen-bond acceptors (Lipinski definition) is 5. The van der Waals surface area contributed by atoms with Gasteiger partial charge >= 0.3 is 6.09 Å². The van der Waals surface area contributed by atoms with Crippen molar-refractivity contribution in [3.63, 3.8) is 0 Å². The molecule has 0 fully saturated rings. The molecule has 0 aliphatic heterocycles. The zero-order valence-electron chi connectivity index (χ0n) is 11.1. The quantitative estimate of drug-likeness (QED) is 0.739. The average molecular weight is 341 g/mol. The SMILES string of the molecule is O=C(Nc1nc2scc(-c3ccc(F)cc3)n2n1)OCCCl. The lowest BCUT2D eigenvalue weighted by molar-refractivity contribution is 0.168. The average Bonchev–Trinajstić information content (AvgIpc) is 3.06. The van der Waals surface area contributed by atoms with E-state index < -0.39 is 6.09 Å². The third-order valence-electron chi connectivity index (χ3n) is 2.75. The van der Waals surface area contributed by atoms with E-state index >= 15 is 0 Å². The van der Waals surface area contributed by atoms with E-state index in [1.807, 2.05) is 5.38 Å². The molecule has 0 atom stereocenters. The molecule has 0 radical (unpaired) electrons. The molecule has 0 aliphatic carbocycles. The number of nitrogens with zero attached hydrogens (tertiary/aromatic N) is 3. The number of benzene rings is 1. The van der Waals surface area contributed by atoms with Gasteiger partial charge in [-0.2, -0.15) is 4.98 Å². The van der Waals surface area contributed by atoms with Crippen molar-refractivity contribution < 1.29 is 13.9 Å². The Morgan fingerprint density at radius 3 is 2.91 bits per heavy atom. The molecule has 22 heavy (non-hydrogen) atoms. The maximum absolute atomic E-state index is 13.0. The van der Waals surface area contributed by atoms with E-state index in [1.54, 1.807) is 16.6 Å². The fourth-order valence-corrected chi connectivity index (χ4v) is 2.72. The summed E-state index contributed by atoms with van der Waals surface area (Å²) in [5.41, 5.74) is 1.56. The van der Waals surface area contributed by atoms with Gasteiger partial charge in [-0.05, 0) is 24.3 Å². The minimum absolute atomic E-state index is 0.108. The summed E-state index contributed by atoms with van der Waals surface area (Å²) in [6, 6.07) is 6.05. The molecule has 0 unspecified atom stereocenters. The molecule has 114 valence electrons. The Balaban J connectivity index is 1.85. The second kappa shape index (κ2) is 6.29. The molecule has 1 aromatic carbocycles. The van der Waals surface area contributed by atoms with Crippen LogP contribution in [0, 0.1) is 5.82 Å². The Morgan fingerprint density at radius 2 is 2.18 bits per heavy atom. The highest BCUT2D eigenvalue weighted by molar-refractivity contribution is 7.15. The van der Waals surface area contributed by atoms with Gasteiger partial charge in [0.2, 0.25) is 4.96 Å².